The zero-order valence-electron chi connectivity index (χ0n) is 26.0. The Bertz CT molecular complexity index is 2630. The minimum absolute atomic E-state index is 0.267. The maximum atomic E-state index is 6.74. The van der Waals surface area contributed by atoms with Crippen LogP contribution in [-0.4, -0.2) is 14.5 Å². The molecule has 0 N–H and O–H groups in total. The van der Waals surface area contributed by atoms with E-state index in [0.717, 1.165) is 55.6 Å². The standard InChI is InChI=1S/C42H31N3O/c1-25(2)37-30-17-9-7-15-28(30)29-16-8-10-18-31(29)39(37)45-36-20-12-11-19-35(36)43-41(45)33-22-21-26(3)38-32-23-24-34(27-13-5-4-6-14-27)44-42(32)46-40(33)38/h4-25H,1-3H3. The number of fused-ring (bicyclic) bond motifs is 7. The van der Waals surface area contributed by atoms with E-state index in [2.05, 4.69) is 135 Å². The van der Waals surface area contributed by atoms with E-state index in [4.69, 9.17) is 14.4 Å². The van der Waals surface area contributed by atoms with E-state index in [1.165, 1.54) is 32.8 Å². The molecule has 0 atom stereocenters. The predicted molar refractivity (Wildman–Crippen MR) is 191 cm³/mol. The lowest BCUT2D eigenvalue weighted by atomic mass is 9.89. The number of benzene rings is 6. The summed E-state index contributed by atoms with van der Waals surface area (Å²) < 4.78 is 9.11. The van der Waals surface area contributed by atoms with Crippen molar-refractivity contribution in [2.24, 2.45) is 0 Å². The topological polar surface area (TPSA) is 43.9 Å². The van der Waals surface area contributed by atoms with Crippen LogP contribution in [0.4, 0.5) is 0 Å². The molecule has 0 saturated heterocycles. The van der Waals surface area contributed by atoms with E-state index in [-0.39, 0.29) is 5.92 Å². The van der Waals surface area contributed by atoms with Gasteiger partial charge < -0.3 is 4.42 Å². The van der Waals surface area contributed by atoms with E-state index in [1.54, 1.807) is 0 Å². The Morgan fingerprint density at radius 3 is 2.07 bits per heavy atom. The molecule has 3 aromatic heterocycles. The zero-order chi connectivity index (χ0) is 30.9. The number of aromatic nitrogens is 3. The van der Waals surface area contributed by atoms with Crippen molar-refractivity contribution in [2.45, 2.75) is 26.7 Å². The third-order valence-electron chi connectivity index (χ3n) is 9.31. The molecule has 0 aliphatic heterocycles. The van der Waals surface area contributed by atoms with Gasteiger partial charge in [0.2, 0.25) is 5.71 Å². The molecule has 220 valence electrons. The third-order valence-corrected chi connectivity index (χ3v) is 9.31. The molecule has 3 heterocycles. The van der Waals surface area contributed by atoms with Crippen LogP contribution in [0.2, 0.25) is 0 Å². The second kappa shape index (κ2) is 10.1. The first-order valence-corrected chi connectivity index (χ1v) is 15.9. The first-order chi connectivity index (χ1) is 22.6. The molecule has 9 rings (SSSR count). The van der Waals surface area contributed by atoms with Crippen molar-refractivity contribution < 1.29 is 4.42 Å². The van der Waals surface area contributed by atoms with Gasteiger partial charge in [0.1, 0.15) is 11.4 Å². The van der Waals surface area contributed by atoms with Gasteiger partial charge in [-0.1, -0.05) is 111 Å². The number of nitrogens with zero attached hydrogens (tertiary/aromatic N) is 3. The van der Waals surface area contributed by atoms with Crippen LogP contribution >= 0.6 is 0 Å². The second-order valence-corrected chi connectivity index (χ2v) is 12.4. The molecule has 0 spiro atoms. The first kappa shape index (κ1) is 26.6. The summed E-state index contributed by atoms with van der Waals surface area (Å²) in [5.41, 5.74) is 9.97. The minimum atomic E-state index is 0.267. The molecule has 4 nitrogen and oxygen atoms in total. The van der Waals surface area contributed by atoms with Crippen LogP contribution in [0.15, 0.2) is 132 Å². The Labute approximate surface area is 266 Å². The largest absolute Gasteiger partial charge is 0.437 e. The summed E-state index contributed by atoms with van der Waals surface area (Å²) in [7, 11) is 0. The molecule has 6 aromatic carbocycles. The van der Waals surface area contributed by atoms with Gasteiger partial charge in [0, 0.05) is 21.7 Å². The maximum absolute atomic E-state index is 6.74. The van der Waals surface area contributed by atoms with Gasteiger partial charge in [0.15, 0.2) is 0 Å². The molecule has 0 radical (unpaired) electrons. The van der Waals surface area contributed by atoms with Crippen molar-refractivity contribution in [3.63, 3.8) is 0 Å². The number of hydrogen-bond donors (Lipinski definition) is 0. The van der Waals surface area contributed by atoms with Crippen molar-refractivity contribution in [3.05, 3.63) is 139 Å². The van der Waals surface area contributed by atoms with Crippen LogP contribution < -0.4 is 0 Å². The van der Waals surface area contributed by atoms with Gasteiger partial charge in [-0.3, -0.25) is 4.57 Å². The average Bonchev–Trinajstić information content (AvgIpc) is 3.67. The van der Waals surface area contributed by atoms with Gasteiger partial charge in [0.25, 0.3) is 0 Å². The van der Waals surface area contributed by atoms with Gasteiger partial charge in [-0.25, -0.2) is 9.97 Å². The Kier molecular flexibility index (Phi) is 5.88. The van der Waals surface area contributed by atoms with Crippen LogP contribution in [0.1, 0.15) is 30.9 Å². The Morgan fingerprint density at radius 2 is 1.28 bits per heavy atom. The second-order valence-electron chi connectivity index (χ2n) is 12.4. The number of pyridine rings is 1. The number of para-hydroxylation sites is 2. The minimum Gasteiger partial charge on any atom is -0.437 e. The summed E-state index contributed by atoms with van der Waals surface area (Å²) in [6, 6.07) is 44.8. The quantitative estimate of drug-likeness (QED) is 0.191. The first-order valence-electron chi connectivity index (χ1n) is 15.9. The fraction of sp³-hybridized carbons (Fsp3) is 0.0952. The molecule has 0 amide bonds. The molecule has 9 aromatic rings. The third kappa shape index (κ3) is 3.86. The molecular formula is C42H31N3O. The summed E-state index contributed by atoms with van der Waals surface area (Å²) >= 11 is 0. The van der Waals surface area contributed by atoms with Gasteiger partial charge in [0.05, 0.1) is 28.0 Å². The number of imidazole rings is 1. The van der Waals surface area contributed by atoms with Crippen molar-refractivity contribution in [1.29, 1.82) is 0 Å². The van der Waals surface area contributed by atoms with Crippen molar-refractivity contribution in [3.8, 4) is 28.3 Å². The molecule has 0 unspecified atom stereocenters. The summed E-state index contributed by atoms with van der Waals surface area (Å²) in [6.07, 6.45) is 0. The molecule has 46 heavy (non-hydrogen) atoms. The monoisotopic (exact) mass is 593 g/mol. The van der Waals surface area contributed by atoms with Crippen molar-refractivity contribution in [2.75, 3.05) is 0 Å². The molecular weight excluding hydrogens is 562 g/mol. The lowest BCUT2D eigenvalue weighted by Gasteiger charge is -2.22. The average molecular weight is 594 g/mol. The van der Waals surface area contributed by atoms with Gasteiger partial charge in [-0.15, -0.1) is 0 Å². The Morgan fingerprint density at radius 1 is 0.609 bits per heavy atom. The summed E-state index contributed by atoms with van der Waals surface area (Å²) in [6.45, 7) is 6.72. The Hall–Kier alpha value is -5.74. The summed E-state index contributed by atoms with van der Waals surface area (Å²) in [4.78, 5) is 10.3. The fourth-order valence-corrected chi connectivity index (χ4v) is 7.28. The van der Waals surface area contributed by atoms with Crippen LogP contribution in [0, 0.1) is 6.92 Å². The molecule has 0 saturated carbocycles. The van der Waals surface area contributed by atoms with Crippen LogP contribution in [0.25, 0.3) is 83.0 Å². The SMILES string of the molecule is Cc1ccc(-c2nc3ccccc3n2-c2c(C(C)C)c3ccccc3c3ccccc23)c2oc3nc(-c4ccccc4)ccc3c12. The van der Waals surface area contributed by atoms with Crippen LogP contribution in [0.3, 0.4) is 0 Å². The highest BCUT2D eigenvalue weighted by Crippen LogP contribution is 2.44. The number of rotatable bonds is 4. The number of aryl methyl sites for hydroxylation is 1. The summed E-state index contributed by atoms with van der Waals surface area (Å²) in [5.74, 6) is 1.12. The van der Waals surface area contributed by atoms with Gasteiger partial charge in [-0.05, 0) is 70.5 Å². The molecule has 0 fully saturated rings. The van der Waals surface area contributed by atoms with Crippen LogP contribution in [-0.2, 0) is 0 Å². The Balaban J connectivity index is 1.41. The normalized spacial score (nSPS) is 12.0. The molecule has 0 bridgehead atoms. The van der Waals surface area contributed by atoms with E-state index < -0.39 is 0 Å². The number of furan rings is 1. The summed E-state index contributed by atoms with van der Waals surface area (Å²) in [5, 5.41) is 7.06. The van der Waals surface area contributed by atoms with Gasteiger partial charge in [-0.2, -0.15) is 0 Å². The van der Waals surface area contributed by atoms with E-state index in [0.29, 0.717) is 5.71 Å². The fourth-order valence-electron chi connectivity index (χ4n) is 7.28. The molecule has 0 aliphatic carbocycles. The molecule has 0 aliphatic rings. The zero-order valence-corrected chi connectivity index (χ0v) is 26.0. The smallest absolute Gasteiger partial charge is 0.227 e. The maximum Gasteiger partial charge on any atom is 0.227 e. The highest BCUT2D eigenvalue weighted by atomic mass is 16.3. The number of hydrogen-bond acceptors (Lipinski definition) is 3. The highest BCUT2D eigenvalue weighted by Gasteiger charge is 2.25. The van der Waals surface area contributed by atoms with E-state index in [1.807, 2.05) is 18.2 Å². The van der Waals surface area contributed by atoms with E-state index >= 15 is 0 Å². The van der Waals surface area contributed by atoms with Crippen molar-refractivity contribution >= 4 is 54.6 Å². The lowest BCUT2D eigenvalue weighted by molar-refractivity contribution is 0.655. The lowest BCUT2D eigenvalue weighted by Crippen LogP contribution is -2.06. The predicted octanol–water partition coefficient (Wildman–Crippen LogP) is 11.4. The van der Waals surface area contributed by atoms with Gasteiger partial charge >= 0.3 is 0 Å². The van der Waals surface area contributed by atoms with Crippen molar-refractivity contribution in [1.82, 2.24) is 14.5 Å². The van der Waals surface area contributed by atoms with Crippen LogP contribution in [0.5, 0.6) is 0 Å². The van der Waals surface area contributed by atoms with E-state index in [9.17, 15) is 0 Å². The molecule has 4 heteroatoms. The highest BCUT2D eigenvalue weighted by molar-refractivity contribution is 6.15.